The Balaban J connectivity index is 2.17. The van der Waals surface area contributed by atoms with Crippen molar-refractivity contribution in [3.8, 4) is 11.3 Å². The molecule has 2 aromatic heterocycles. The lowest BCUT2D eigenvalue weighted by molar-refractivity contribution is 0.0812. The van der Waals surface area contributed by atoms with Crippen LogP contribution < -0.4 is 0 Å². The Morgan fingerprint density at radius 2 is 1.85 bits per heavy atom. The number of ketones is 2. The summed E-state index contributed by atoms with van der Waals surface area (Å²) in [7, 11) is 0. The molecule has 0 aliphatic heterocycles. The number of hydrogen-bond acceptors (Lipinski definition) is 3. The summed E-state index contributed by atoms with van der Waals surface area (Å²) in [6.07, 6.45) is 1.76. The van der Waals surface area contributed by atoms with Crippen LogP contribution in [0.25, 0.3) is 16.9 Å². The number of hydrogen-bond donors (Lipinski definition) is 0. The maximum atomic E-state index is 12.4. The van der Waals surface area contributed by atoms with E-state index in [-0.39, 0.29) is 0 Å². The second-order valence-electron chi connectivity index (χ2n) is 4.95. The number of carbonyl (C=O) groups excluding carboxylic acids is 2. The predicted molar refractivity (Wildman–Crippen MR) is 74.0 cm³/mol. The van der Waals surface area contributed by atoms with Crippen LogP contribution >= 0.6 is 0 Å². The monoisotopic (exact) mass is 262 g/mol. The molecule has 0 unspecified atom stereocenters. The molecular weight excluding hydrogens is 252 g/mol. The molecule has 2 heterocycles. The number of fused-ring (bicyclic) bond motifs is 5. The minimum Gasteiger partial charge on any atom is -0.296 e. The summed E-state index contributed by atoms with van der Waals surface area (Å²) in [6.45, 7) is 1.90. The molecule has 4 heteroatoms. The number of pyridine rings is 1. The van der Waals surface area contributed by atoms with Crippen molar-refractivity contribution >= 4 is 17.2 Å². The van der Waals surface area contributed by atoms with E-state index in [1.807, 2.05) is 37.3 Å². The maximum Gasteiger partial charge on any atom is 0.252 e. The van der Waals surface area contributed by atoms with Crippen molar-refractivity contribution < 1.29 is 9.59 Å². The molecule has 0 spiro atoms. The first-order valence-electron chi connectivity index (χ1n) is 6.34. The van der Waals surface area contributed by atoms with Crippen LogP contribution in [0, 0.1) is 6.92 Å². The van der Waals surface area contributed by atoms with Gasteiger partial charge >= 0.3 is 0 Å². The number of carbonyl (C=O) groups is 2. The third-order valence-electron chi connectivity index (χ3n) is 3.63. The van der Waals surface area contributed by atoms with Crippen molar-refractivity contribution in [2.24, 2.45) is 0 Å². The van der Waals surface area contributed by atoms with Gasteiger partial charge in [-0.05, 0) is 25.1 Å². The molecule has 0 amide bonds. The van der Waals surface area contributed by atoms with Gasteiger partial charge in [-0.25, -0.2) is 4.98 Å². The number of benzene rings is 1. The molecule has 1 aromatic carbocycles. The highest BCUT2D eigenvalue weighted by atomic mass is 16.2. The van der Waals surface area contributed by atoms with E-state index < -0.39 is 11.6 Å². The largest absolute Gasteiger partial charge is 0.296 e. The van der Waals surface area contributed by atoms with E-state index in [2.05, 4.69) is 4.98 Å². The quantitative estimate of drug-likeness (QED) is 0.585. The van der Waals surface area contributed by atoms with E-state index in [0.29, 0.717) is 22.6 Å². The fourth-order valence-corrected chi connectivity index (χ4v) is 2.68. The molecule has 96 valence electrons. The molecular formula is C16H10N2O2. The Morgan fingerprint density at radius 1 is 1.00 bits per heavy atom. The molecule has 4 nitrogen and oxygen atoms in total. The summed E-state index contributed by atoms with van der Waals surface area (Å²) in [4.78, 5) is 29.1. The number of aromatic nitrogens is 2. The van der Waals surface area contributed by atoms with Gasteiger partial charge in [-0.1, -0.05) is 23.8 Å². The molecule has 0 bridgehead atoms. The number of Topliss-reactive ketones (excluding diaryl/α,β-unsaturated/α-hetero) is 2. The van der Waals surface area contributed by atoms with E-state index in [1.165, 1.54) is 0 Å². The van der Waals surface area contributed by atoms with Crippen molar-refractivity contribution in [2.45, 2.75) is 6.92 Å². The van der Waals surface area contributed by atoms with Gasteiger partial charge in [0, 0.05) is 17.3 Å². The van der Waals surface area contributed by atoms with Crippen LogP contribution in [0.2, 0.25) is 0 Å². The lowest BCUT2D eigenvalue weighted by atomic mass is 9.89. The van der Waals surface area contributed by atoms with Gasteiger partial charge in [-0.3, -0.25) is 14.0 Å². The summed E-state index contributed by atoms with van der Waals surface area (Å²) in [5.41, 5.74) is 3.77. The Bertz CT molecular complexity index is 906. The SMILES string of the molecule is Cc1ccc2c(c1)C(=O)C(=O)c1c-2nc2ccccn12. The molecule has 0 fully saturated rings. The van der Waals surface area contributed by atoms with Gasteiger partial charge in [-0.15, -0.1) is 0 Å². The summed E-state index contributed by atoms with van der Waals surface area (Å²) >= 11 is 0. The molecule has 1 aliphatic rings. The molecule has 3 aromatic rings. The second-order valence-corrected chi connectivity index (χ2v) is 4.95. The first kappa shape index (κ1) is 11.1. The highest BCUT2D eigenvalue weighted by Crippen LogP contribution is 2.33. The maximum absolute atomic E-state index is 12.4. The van der Waals surface area contributed by atoms with Gasteiger partial charge in [0.2, 0.25) is 5.78 Å². The van der Waals surface area contributed by atoms with E-state index in [9.17, 15) is 9.59 Å². The van der Waals surface area contributed by atoms with Crippen LogP contribution in [0.15, 0.2) is 42.6 Å². The van der Waals surface area contributed by atoms with E-state index in [0.717, 1.165) is 11.1 Å². The predicted octanol–water partition coefficient (Wildman–Crippen LogP) is 2.69. The molecule has 1 aliphatic carbocycles. The Hall–Kier alpha value is -2.75. The molecule has 4 rings (SSSR count). The zero-order chi connectivity index (χ0) is 13.9. The van der Waals surface area contributed by atoms with Crippen LogP contribution in [-0.4, -0.2) is 21.0 Å². The Labute approximate surface area is 114 Å². The lowest BCUT2D eigenvalue weighted by Gasteiger charge is -2.14. The van der Waals surface area contributed by atoms with Crippen molar-refractivity contribution in [2.75, 3.05) is 0 Å². The van der Waals surface area contributed by atoms with Gasteiger partial charge in [0.25, 0.3) is 5.78 Å². The van der Waals surface area contributed by atoms with Crippen molar-refractivity contribution in [3.05, 3.63) is 59.4 Å². The third-order valence-corrected chi connectivity index (χ3v) is 3.63. The minimum absolute atomic E-state index is 0.363. The minimum atomic E-state index is -0.489. The Morgan fingerprint density at radius 3 is 2.70 bits per heavy atom. The molecule has 0 saturated heterocycles. The smallest absolute Gasteiger partial charge is 0.252 e. The van der Waals surface area contributed by atoms with Crippen molar-refractivity contribution in [3.63, 3.8) is 0 Å². The number of nitrogens with zero attached hydrogens (tertiary/aromatic N) is 2. The zero-order valence-corrected chi connectivity index (χ0v) is 10.8. The molecule has 0 radical (unpaired) electrons. The van der Waals surface area contributed by atoms with Crippen LogP contribution in [0.5, 0.6) is 0 Å². The van der Waals surface area contributed by atoms with Crippen molar-refractivity contribution in [1.29, 1.82) is 0 Å². The molecule has 20 heavy (non-hydrogen) atoms. The highest BCUT2D eigenvalue weighted by molar-refractivity contribution is 6.52. The highest BCUT2D eigenvalue weighted by Gasteiger charge is 2.34. The lowest BCUT2D eigenvalue weighted by Crippen LogP contribution is -2.22. The molecule has 0 atom stereocenters. The van der Waals surface area contributed by atoms with Gasteiger partial charge in [0.1, 0.15) is 17.0 Å². The zero-order valence-electron chi connectivity index (χ0n) is 10.8. The third kappa shape index (κ3) is 1.28. The molecule has 0 N–H and O–H groups in total. The number of aryl methyl sites for hydroxylation is 1. The van der Waals surface area contributed by atoms with Crippen LogP contribution in [0.4, 0.5) is 0 Å². The van der Waals surface area contributed by atoms with E-state index >= 15 is 0 Å². The van der Waals surface area contributed by atoms with Gasteiger partial charge < -0.3 is 0 Å². The average molecular weight is 262 g/mol. The van der Waals surface area contributed by atoms with Gasteiger partial charge in [0.15, 0.2) is 0 Å². The van der Waals surface area contributed by atoms with Gasteiger partial charge in [-0.2, -0.15) is 0 Å². The number of rotatable bonds is 0. The van der Waals surface area contributed by atoms with Gasteiger partial charge in [0.05, 0.1) is 0 Å². The summed E-state index contributed by atoms with van der Waals surface area (Å²) in [6, 6.07) is 11.0. The fourth-order valence-electron chi connectivity index (χ4n) is 2.68. The summed E-state index contributed by atoms with van der Waals surface area (Å²) in [5, 5.41) is 0. The van der Waals surface area contributed by atoms with Crippen molar-refractivity contribution in [1.82, 2.24) is 9.38 Å². The summed E-state index contributed by atoms with van der Waals surface area (Å²) < 4.78 is 1.68. The first-order chi connectivity index (χ1) is 9.66. The van der Waals surface area contributed by atoms with Crippen LogP contribution in [0.1, 0.15) is 26.4 Å². The van der Waals surface area contributed by atoms with E-state index in [1.54, 1.807) is 16.7 Å². The summed E-state index contributed by atoms with van der Waals surface area (Å²) in [5.74, 6) is -0.946. The Kier molecular flexibility index (Phi) is 2.02. The second kappa shape index (κ2) is 3.63. The average Bonchev–Trinajstić information content (AvgIpc) is 2.84. The fraction of sp³-hybridized carbons (Fsp3) is 0.0625. The topological polar surface area (TPSA) is 51.4 Å². The number of imidazole rings is 1. The normalized spacial score (nSPS) is 13.4. The molecule has 0 saturated carbocycles. The van der Waals surface area contributed by atoms with Crippen LogP contribution in [-0.2, 0) is 0 Å². The standard InChI is InChI=1S/C16H10N2O2/c1-9-5-6-10-11(8-9)15(19)16(20)14-13(10)17-12-4-2-3-7-18(12)14/h2-8H,1H3. The van der Waals surface area contributed by atoms with Crippen LogP contribution in [0.3, 0.4) is 0 Å². The first-order valence-corrected chi connectivity index (χ1v) is 6.34. The van der Waals surface area contributed by atoms with E-state index in [4.69, 9.17) is 0 Å².